The van der Waals surface area contributed by atoms with Crippen LogP contribution in [0.5, 0.6) is 0 Å². The van der Waals surface area contributed by atoms with Crippen LogP contribution in [-0.4, -0.2) is 19.1 Å². The Kier molecular flexibility index (Phi) is 3.51. The van der Waals surface area contributed by atoms with E-state index >= 15 is 0 Å². The first kappa shape index (κ1) is 14.2. The number of nitrogens with one attached hydrogen (secondary N) is 1. The summed E-state index contributed by atoms with van der Waals surface area (Å²) in [6, 6.07) is 2.65. The van der Waals surface area contributed by atoms with Crippen LogP contribution < -0.4 is 11.1 Å². The molecule has 0 bridgehead atoms. The zero-order valence-corrected chi connectivity index (χ0v) is 12.2. The van der Waals surface area contributed by atoms with Crippen molar-refractivity contribution in [2.24, 2.45) is 11.3 Å². The molecule has 2 saturated carbocycles. The van der Waals surface area contributed by atoms with Gasteiger partial charge in [-0.3, -0.25) is 0 Å². The Balaban J connectivity index is 1.74. The van der Waals surface area contributed by atoms with E-state index in [-0.39, 0.29) is 17.9 Å². The highest BCUT2D eigenvalue weighted by atomic mass is 19.1. The SMILES string of the molecule is CCOC(=O)c1cc(NCC2(C3CC3)CC2)c(F)cc1N. The number of halogens is 1. The van der Waals surface area contributed by atoms with Crippen molar-refractivity contribution in [2.45, 2.75) is 32.6 Å². The lowest BCUT2D eigenvalue weighted by atomic mass is 10.0. The number of nitrogens with two attached hydrogens (primary N) is 1. The maximum absolute atomic E-state index is 14.0. The first-order chi connectivity index (χ1) is 10.1. The monoisotopic (exact) mass is 292 g/mol. The standard InChI is InChI=1S/C16H21FN2O2/c1-2-21-15(20)11-7-14(12(17)8-13(11)18)19-9-16(5-6-16)10-3-4-10/h7-8,10,19H,2-6,9,18H2,1H3. The fourth-order valence-electron chi connectivity index (χ4n) is 2.97. The third-order valence-corrected chi connectivity index (χ3v) is 4.60. The molecule has 0 unspecified atom stereocenters. The van der Waals surface area contributed by atoms with Crippen LogP contribution in [0.25, 0.3) is 0 Å². The molecule has 3 N–H and O–H groups in total. The largest absolute Gasteiger partial charge is 0.462 e. The van der Waals surface area contributed by atoms with E-state index in [4.69, 9.17) is 10.5 Å². The summed E-state index contributed by atoms with van der Waals surface area (Å²) in [6.45, 7) is 2.76. The summed E-state index contributed by atoms with van der Waals surface area (Å²) in [5.74, 6) is -0.139. The predicted octanol–water partition coefficient (Wildman–Crippen LogP) is 3.19. The molecule has 0 spiro atoms. The molecule has 2 fully saturated rings. The van der Waals surface area contributed by atoms with Crippen LogP contribution in [0.3, 0.4) is 0 Å². The highest BCUT2D eigenvalue weighted by Crippen LogP contribution is 2.61. The topological polar surface area (TPSA) is 64.3 Å². The zero-order chi connectivity index (χ0) is 15.0. The molecule has 0 saturated heterocycles. The summed E-state index contributed by atoms with van der Waals surface area (Å²) >= 11 is 0. The van der Waals surface area contributed by atoms with Gasteiger partial charge in [0.15, 0.2) is 0 Å². The highest BCUT2D eigenvalue weighted by molar-refractivity contribution is 5.96. The average molecular weight is 292 g/mol. The number of rotatable bonds is 6. The Bertz CT molecular complexity index is 566. The van der Waals surface area contributed by atoms with Gasteiger partial charge in [0.05, 0.1) is 17.9 Å². The first-order valence-corrected chi connectivity index (χ1v) is 7.56. The highest BCUT2D eigenvalue weighted by Gasteiger charge is 2.53. The molecular formula is C16H21FN2O2. The molecule has 0 heterocycles. The summed E-state index contributed by atoms with van der Waals surface area (Å²) in [7, 11) is 0. The molecule has 3 rings (SSSR count). The van der Waals surface area contributed by atoms with Crippen LogP contribution in [0, 0.1) is 17.2 Å². The summed E-state index contributed by atoms with van der Waals surface area (Å²) in [4.78, 5) is 11.8. The summed E-state index contributed by atoms with van der Waals surface area (Å²) < 4.78 is 18.9. The number of carbonyl (C=O) groups is 1. The average Bonchev–Trinajstić information content (AvgIpc) is 3.30. The Morgan fingerprint density at radius 2 is 2.19 bits per heavy atom. The number of nitrogen functional groups attached to an aromatic ring is 1. The van der Waals surface area contributed by atoms with Gasteiger partial charge in [-0.1, -0.05) is 0 Å². The lowest BCUT2D eigenvalue weighted by Crippen LogP contribution is -2.18. The van der Waals surface area contributed by atoms with Crippen molar-refractivity contribution in [2.75, 3.05) is 24.2 Å². The Labute approximate surface area is 123 Å². The summed E-state index contributed by atoms with van der Waals surface area (Å²) in [5.41, 5.74) is 6.73. The second-order valence-electron chi connectivity index (χ2n) is 6.13. The number of esters is 1. The third-order valence-electron chi connectivity index (χ3n) is 4.60. The fraction of sp³-hybridized carbons (Fsp3) is 0.562. The molecule has 114 valence electrons. The molecular weight excluding hydrogens is 271 g/mol. The van der Waals surface area contributed by atoms with E-state index in [0.29, 0.717) is 11.1 Å². The maximum atomic E-state index is 14.0. The van der Waals surface area contributed by atoms with E-state index < -0.39 is 11.8 Å². The first-order valence-electron chi connectivity index (χ1n) is 7.56. The fourth-order valence-corrected chi connectivity index (χ4v) is 2.97. The minimum absolute atomic E-state index is 0.111. The van der Waals surface area contributed by atoms with Crippen LogP contribution in [0.15, 0.2) is 12.1 Å². The Hall–Kier alpha value is -1.78. The van der Waals surface area contributed by atoms with E-state index in [9.17, 15) is 9.18 Å². The van der Waals surface area contributed by atoms with Gasteiger partial charge in [-0.15, -0.1) is 0 Å². The predicted molar refractivity (Wildman–Crippen MR) is 79.6 cm³/mol. The van der Waals surface area contributed by atoms with Crippen molar-refractivity contribution in [3.63, 3.8) is 0 Å². The Morgan fingerprint density at radius 1 is 1.48 bits per heavy atom. The number of hydrogen-bond donors (Lipinski definition) is 2. The molecule has 0 aliphatic heterocycles. The van der Waals surface area contributed by atoms with Crippen molar-refractivity contribution in [1.29, 1.82) is 0 Å². The van der Waals surface area contributed by atoms with Gasteiger partial charge in [0, 0.05) is 12.2 Å². The third kappa shape index (κ3) is 2.82. The van der Waals surface area contributed by atoms with Crippen molar-refractivity contribution in [1.82, 2.24) is 0 Å². The molecule has 5 heteroatoms. The maximum Gasteiger partial charge on any atom is 0.340 e. The quantitative estimate of drug-likeness (QED) is 0.624. The number of ether oxygens (including phenoxy) is 1. The zero-order valence-electron chi connectivity index (χ0n) is 12.2. The van der Waals surface area contributed by atoms with Gasteiger partial charge in [0.2, 0.25) is 0 Å². The van der Waals surface area contributed by atoms with Crippen LogP contribution >= 0.6 is 0 Å². The smallest absolute Gasteiger partial charge is 0.340 e. The molecule has 21 heavy (non-hydrogen) atoms. The molecule has 1 aromatic rings. The molecule has 2 aliphatic carbocycles. The molecule has 0 amide bonds. The van der Waals surface area contributed by atoms with Gasteiger partial charge in [-0.25, -0.2) is 9.18 Å². The van der Waals surface area contributed by atoms with Gasteiger partial charge < -0.3 is 15.8 Å². The number of hydrogen-bond acceptors (Lipinski definition) is 4. The lowest BCUT2D eigenvalue weighted by molar-refractivity contribution is 0.0527. The number of carbonyl (C=O) groups excluding carboxylic acids is 1. The van der Waals surface area contributed by atoms with Crippen LogP contribution in [-0.2, 0) is 4.74 Å². The van der Waals surface area contributed by atoms with E-state index in [1.807, 2.05) is 0 Å². The minimum atomic E-state index is -0.513. The van der Waals surface area contributed by atoms with Crippen LogP contribution in [0.1, 0.15) is 43.0 Å². The van der Waals surface area contributed by atoms with Gasteiger partial charge in [0.25, 0.3) is 0 Å². The van der Waals surface area contributed by atoms with Crippen molar-refractivity contribution < 1.29 is 13.9 Å². The number of anilines is 2. The van der Waals surface area contributed by atoms with Crippen molar-refractivity contribution in [3.8, 4) is 0 Å². The molecule has 2 aliphatic rings. The minimum Gasteiger partial charge on any atom is -0.462 e. The van der Waals surface area contributed by atoms with Crippen LogP contribution in [0.2, 0.25) is 0 Å². The van der Waals surface area contributed by atoms with E-state index in [2.05, 4.69) is 5.32 Å². The molecule has 0 atom stereocenters. The summed E-state index contributed by atoms with van der Waals surface area (Å²) in [6.07, 6.45) is 5.01. The molecule has 0 radical (unpaired) electrons. The number of benzene rings is 1. The van der Waals surface area contributed by atoms with Crippen molar-refractivity contribution in [3.05, 3.63) is 23.5 Å². The second-order valence-corrected chi connectivity index (χ2v) is 6.13. The van der Waals surface area contributed by atoms with Gasteiger partial charge in [-0.2, -0.15) is 0 Å². The normalized spacial score (nSPS) is 19.1. The molecule has 4 nitrogen and oxygen atoms in total. The van der Waals surface area contributed by atoms with Gasteiger partial charge in [0.1, 0.15) is 5.82 Å². The lowest BCUT2D eigenvalue weighted by Gasteiger charge is -2.17. The van der Waals surface area contributed by atoms with Crippen molar-refractivity contribution >= 4 is 17.3 Å². The van der Waals surface area contributed by atoms with Gasteiger partial charge in [-0.05, 0) is 56.1 Å². The van der Waals surface area contributed by atoms with E-state index in [1.165, 1.54) is 37.8 Å². The molecule has 0 aromatic heterocycles. The van der Waals surface area contributed by atoms with Crippen LogP contribution in [0.4, 0.5) is 15.8 Å². The second kappa shape index (κ2) is 5.20. The molecule has 1 aromatic carbocycles. The van der Waals surface area contributed by atoms with Gasteiger partial charge >= 0.3 is 5.97 Å². The van der Waals surface area contributed by atoms with E-state index in [0.717, 1.165) is 12.5 Å². The Morgan fingerprint density at radius 3 is 2.76 bits per heavy atom. The van der Waals surface area contributed by atoms with E-state index in [1.54, 1.807) is 6.92 Å². The summed E-state index contributed by atoms with van der Waals surface area (Å²) in [5, 5.41) is 3.16.